The first-order valence-corrected chi connectivity index (χ1v) is 50.7. The van der Waals surface area contributed by atoms with Crippen LogP contribution in [0.3, 0.4) is 0 Å². The predicted octanol–water partition coefficient (Wildman–Crippen LogP) is 36.1. The molecule has 9 nitrogen and oxygen atoms in total. The summed E-state index contributed by atoms with van der Waals surface area (Å²) in [7, 11) is 0. The average molecular weight is 1900 g/mol. The molecule has 5 aromatic heterocycles. The molecule has 0 atom stereocenters. The van der Waals surface area contributed by atoms with Crippen molar-refractivity contribution in [1.29, 1.82) is 0 Å². The molecule has 0 amide bonds. The fourth-order valence-electron chi connectivity index (χ4n) is 20.6. The average Bonchev–Trinajstić information content (AvgIpc) is 1.45. The summed E-state index contributed by atoms with van der Waals surface area (Å²) >= 11 is 3.70. The second-order valence-electron chi connectivity index (χ2n) is 37.0. The molecule has 0 aliphatic carbocycles. The summed E-state index contributed by atoms with van der Waals surface area (Å²) in [6.07, 6.45) is 0. The van der Waals surface area contributed by atoms with Crippen molar-refractivity contribution in [3.05, 3.63) is 504 Å². The zero-order valence-electron chi connectivity index (χ0n) is 78.8. The van der Waals surface area contributed by atoms with Crippen LogP contribution in [0.25, 0.3) is 286 Å². The van der Waals surface area contributed by atoms with Crippen LogP contribution in [0.15, 0.2) is 504 Å². The van der Waals surface area contributed by atoms with Gasteiger partial charge in [-0.3, -0.25) is 0 Å². The van der Waals surface area contributed by atoms with Crippen LogP contribution in [0, 0.1) is 0 Å². The van der Waals surface area contributed by atoms with E-state index in [-0.39, 0.29) is 0 Å². The number of nitrogens with zero attached hydrogens (tertiary/aromatic N) is 9. The molecule has 0 aliphatic rings. The van der Waals surface area contributed by atoms with E-state index in [1.165, 1.54) is 101 Å². The Labute approximate surface area is 851 Å². The van der Waals surface area contributed by atoms with Crippen molar-refractivity contribution in [3.63, 3.8) is 0 Å². The number of rotatable bonds is 19. The molecule has 27 rings (SSSR count). The van der Waals surface area contributed by atoms with Gasteiger partial charge < -0.3 is 0 Å². The highest BCUT2D eigenvalue weighted by molar-refractivity contribution is 7.27. The van der Waals surface area contributed by atoms with Gasteiger partial charge in [-0.1, -0.05) is 461 Å². The molecule has 11 heteroatoms. The van der Waals surface area contributed by atoms with Gasteiger partial charge in [-0.15, -0.1) is 22.7 Å². The fourth-order valence-corrected chi connectivity index (χ4v) is 23.4. The van der Waals surface area contributed by atoms with Crippen molar-refractivity contribution in [3.8, 4) is 214 Å². The molecule has 0 N–H and O–H groups in total. The summed E-state index contributed by atoms with van der Waals surface area (Å²) in [5, 5.41) is 12.2. The molecule has 0 saturated heterocycles. The highest BCUT2D eigenvalue weighted by Gasteiger charge is 2.25. The molecule has 0 radical (unpaired) electrons. The second kappa shape index (κ2) is 36.9. The Hall–Kier alpha value is -18.9. The van der Waals surface area contributed by atoms with Crippen LogP contribution < -0.4 is 0 Å². The predicted molar refractivity (Wildman–Crippen MR) is 608 cm³/mol. The Bertz CT molecular complexity index is 9620. The molecule has 680 valence electrons. The minimum absolute atomic E-state index is 0.579. The van der Waals surface area contributed by atoms with Crippen LogP contribution >= 0.6 is 22.7 Å². The lowest BCUT2D eigenvalue weighted by molar-refractivity contribution is 1.07. The van der Waals surface area contributed by atoms with Gasteiger partial charge in [0.1, 0.15) is 0 Å². The Morgan fingerprint density at radius 2 is 0.288 bits per heavy atom. The van der Waals surface area contributed by atoms with E-state index in [4.69, 9.17) is 44.9 Å². The minimum Gasteiger partial charge on any atom is -0.208 e. The Morgan fingerprint density at radius 3 is 0.637 bits per heavy atom. The summed E-state index contributed by atoms with van der Waals surface area (Å²) in [5.74, 6) is 5.45. The van der Waals surface area contributed by atoms with E-state index < -0.39 is 0 Å². The summed E-state index contributed by atoms with van der Waals surface area (Å²) in [6.45, 7) is 0. The van der Waals surface area contributed by atoms with Crippen molar-refractivity contribution < 1.29 is 0 Å². The van der Waals surface area contributed by atoms with Crippen LogP contribution in [0.1, 0.15) is 0 Å². The monoisotopic (exact) mass is 1890 g/mol. The maximum Gasteiger partial charge on any atom is 0.164 e. The van der Waals surface area contributed by atoms with Crippen molar-refractivity contribution in [2.24, 2.45) is 0 Å². The summed E-state index contributed by atoms with van der Waals surface area (Å²) in [4.78, 5) is 46.5. The number of hydrogen-bond acceptors (Lipinski definition) is 11. The molecule has 27 aromatic rings. The molecule has 5 heterocycles. The van der Waals surface area contributed by atoms with Gasteiger partial charge in [0, 0.05) is 96.0 Å². The van der Waals surface area contributed by atoms with E-state index in [9.17, 15) is 0 Å². The summed E-state index contributed by atoms with van der Waals surface area (Å²) in [6, 6.07) is 180. The number of hydrogen-bond donors (Lipinski definition) is 0. The van der Waals surface area contributed by atoms with Crippen molar-refractivity contribution in [1.82, 2.24) is 44.9 Å². The third-order valence-electron chi connectivity index (χ3n) is 28.1. The molecule has 0 unspecified atom stereocenters. The first-order chi connectivity index (χ1) is 72.3. The SMILES string of the molecule is c1ccc(-c2ccc(-c3cccc4c3sc3c(-c5ccc(-c6nc(-c7ccccc7)nc(-c7ccc(-c8cc(-c9cccc(-c%10nc(-c%11ccccc%11)nc(-c%11ccccc%11)n%10)c9)c9sc%10c(-c%11ccc(-c%12ccc(-c%13ccc%14c%15ccccc%15c%15ccc(-c%16cccc(-c%17cccc(-c%18nc(-c%19ccccc%19)nc(-c%19ccccc%19)n%18)c%17)c%16)cc%15c%14c%13)cc%12)cc%11)cccc%10c9c8)cc7)n6)cc5)cccc34)cc2)cc1. The maximum atomic E-state index is 5.33. The van der Waals surface area contributed by atoms with Crippen LogP contribution in [-0.4, -0.2) is 44.9 Å². The molecular formula is C135H83N9S2. The standard InChI is InChI=1S/C135H83N9S2/c1-7-27-84(28-8-1)85-57-63-90(64-58-85)109-47-24-50-116-117-51-25-48-110(124(117)145-123(109)116)92-67-71-99(72-68-92)133-139-127(93-29-9-2-10-30-93)138-132(140-133)98-69-61-89(62-70-98)108-82-119(105-42-23-44-107(79-105)135-143-130(96-35-15-5-16-36-96)137-131(144-135)97-37-17-6-18-38-97)126-122(83-108)118-52-26-49-111(125(118)146-126)91-65-59-87(60-66-91)86-53-55-88(56-54-86)103-73-75-114-112-45-19-20-46-113(112)115-76-74-104(81-121(115)120(114)80-103)101-40-21-39-100(77-101)102-41-22-43-106(78-102)134-141-128(94-31-11-3-12-32-94)136-129(142-134)95-33-13-4-14-34-95/h1-83H. The van der Waals surface area contributed by atoms with Gasteiger partial charge in [0.05, 0.1) is 0 Å². The highest BCUT2D eigenvalue weighted by Crippen LogP contribution is 2.50. The van der Waals surface area contributed by atoms with Gasteiger partial charge in [0.2, 0.25) is 0 Å². The Morgan fingerprint density at radius 1 is 0.0959 bits per heavy atom. The van der Waals surface area contributed by atoms with Gasteiger partial charge in [-0.05, 0) is 180 Å². The molecule has 0 aliphatic heterocycles. The minimum atomic E-state index is 0.579. The first kappa shape index (κ1) is 86.2. The third-order valence-corrected chi connectivity index (χ3v) is 30.7. The highest BCUT2D eigenvalue weighted by atomic mass is 32.1. The van der Waals surface area contributed by atoms with E-state index in [1.54, 1.807) is 0 Å². The van der Waals surface area contributed by atoms with Gasteiger partial charge in [0.15, 0.2) is 52.4 Å². The smallest absolute Gasteiger partial charge is 0.164 e. The molecule has 0 saturated carbocycles. The Kier molecular flexibility index (Phi) is 21.8. The second-order valence-corrected chi connectivity index (χ2v) is 39.0. The molecule has 22 aromatic carbocycles. The zero-order valence-corrected chi connectivity index (χ0v) is 80.4. The lowest BCUT2D eigenvalue weighted by Crippen LogP contribution is -2.00. The summed E-state index contributed by atoms with van der Waals surface area (Å²) < 4.78 is 4.90. The number of aromatic nitrogens is 9. The number of thiophene rings is 2. The largest absolute Gasteiger partial charge is 0.208 e. The molecule has 0 fully saturated rings. The van der Waals surface area contributed by atoms with Gasteiger partial charge in [0.25, 0.3) is 0 Å². The lowest BCUT2D eigenvalue weighted by Gasteiger charge is -2.14. The van der Waals surface area contributed by atoms with Crippen molar-refractivity contribution in [2.45, 2.75) is 0 Å². The molecule has 146 heavy (non-hydrogen) atoms. The van der Waals surface area contributed by atoms with E-state index in [0.29, 0.717) is 52.4 Å². The van der Waals surface area contributed by atoms with Crippen molar-refractivity contribution >= 4 is 95.3 Å². The normalized spacial score (nSPS) is 11.6. The number of fused-ring (bicyclic) bond motifs is 12. The maximum absolute atomic E-state index is 5.33. The topological polar surface area (TPSA) is 116 Å². The van der Waals surface area contributed by atoms with E-state index >= 15 is 0 Å². The lowest BCUT2D eigenvalue weighted by atomic mass is 9.89. The molecular weight excluding hydrogens is 1810 g/mol. The molecule has 0 bridgehead atoms. The van der Waals surface area contributed by atoms with Crippen LogP contribution in [0.2, 0.25) is 0 Å². The molecule has 0 spiro atoms. The first-order valence-electron chi connectivity index (χ1n) is 49.1. The van der Waals surface area contributed by atoms with Crippen molar-refractivity contribution in [2.75, 3.05) is 0 Å². The summed E-state index contributed by atoms with van der Waals surface area (Å²) in [5.41, 5.74) is 30.8. The van der Waals surface area contributed by atoms with Crippen LogP contribution in [-0.2, 0) is 0 Å². The number of benzene rings is 22. The van der Waals surface area contributed by atoms with Crippen LogP contribution in [0.4, 0.5) is 0 Å². The van der Waals surface area contributed by atoms with Gasteiger partial charge in [-0.2, -0.15) is 0 Å². The van der Waals surface area contributed by atoms with Gasteiger partial charge in [-0.25, -0.2) is 44.9 Å². The zero-order chi connectivity index (χ0) is 96.5. The van der Waals surface area contributed by atoms with E-state index in [0.717, 1.165) is 133 Å². The fraction of sp³-hybridized carbons (Fsp3) is 0. The van der Waals surface area contributed by atoms with E-state index in [2.05, 4.69) is 388 Å². The third kappa shape index (κ3) is 16.3. The Balaban J connectivity index is 0.507. The quantitative estimate of drug-likeness (QED) is 0.0730. The van der Waals surface area contributed by atoms with E-state index in [1.807, 2.05) is 138 Å². The van der Waals surface area contributed by atoms with Gasteiger partial charge >= 0.3 is 0 Å². The van der Waals surface area contributed by atoms with Crippen LogP contribution in [0.5, 0.6) is 0 Å².